The summed E-state index contributed by atoms with van der Waals surface area (Å²) in [5, 5.41) is 12.4. The first-order valence-electron chi connectivity index (χ1n) is 8.10. The van der Waals surface area contributed by atoms with Gasteiger partial charge in [-0.15, -0.1) is 0 Å². The maximum absolute atomic E-state index is 11.7. The molecule has 0 spiro atoms. The summed E-state index contributed by atoms with van der Waals surface area (Å²) in [5.41, 5.74) is 1.21. The number of nitrogens with zero attached hydrogens (tertiary/aromatic N) is 4. The van der Waals surface area contributed by atoms with E-state index in [1.54, 1.807) is 24.3 Å². The summed E-state index contributed by atoms with van der Waals surface area (Å²) >= 11 is 0. The molecule has 25 heavy (non-hydrogen) atoms. The molecule has 1 aliphatic rings. The fraction of sp³-hybridized carbons (Fsp3) is 0.353. The molecule has 1 aromatic heterocycles. The van der Waals surface area contributed by atoms with Gasteiger partial charge in [-0.3, -0.25) is 0 Å². The molecule has 0 bridgehead atoms. The van der Waals surface area contributed by atoms with E-state index in [0.717, 1.165) is 31.6 Å². The molecular weight excluding hydrogens is 336 g/mol. The minimum Gasteiger partial charge on any atom is -0.355 e. The molecule has 2 N–H and O–H groups in total. The molecule has 0 amide bonds. The van der Waals surface area contributed by atoms with Gasteiger partial charge in [0.1, 0.15) is 11.6 Å². The molecule has 1 saturated heterocycles. The molecule has 1 aromatic carbocycles. The highest BCUT2D eigenvalue weighted by atomic mass is 32.2. The van der Waals surface area contributed by atoms with Gasteiger partial charge < -0.3 is 10.2 Å². The SMILES string of the molecule is CS(=N)(=O)c1ccc(Nc2ncc(C#N)c(N3CCCCC3)n2)cc1. The molecule has 1 atom stereocenters. The number of aromatic nitrogens is 2. The number of benzene rings is 1. The number of piperidine rings is 1. The van der Waals surface area contributed by atoms with Crippen LogP contribution in [0.2, 0.25) is 0 Å². The van der Waals surface area contributed by atoms with Crippen LogP contribution < -0.4 is 10.2 Å². The lowest BCUT2D eigenvalue weighted by Gasteiger charge is -2.28. The molecule has 2 aromatic rings. The fourth-order valence-electron chi connectivity index (χ4n) is 2.79. The van der Waals surface area contributed by atoms with E-state index in [0.29, 0.717) is 22.2 Å². The van der Waals surface area contributed by atoms with Gasteiger partial charge in [0.25, 0.3) is 0 Å². The lowest BCUT2D eigenvalue weighted by Crippen LogP contribution is -2.31. The zero-order valence-corrected chi connectivity index (χ0v) is 14.8. The van der Waals surface area contributed by atoms with Gasteiger partial charge in [-0.25, -0.2) is 14.0 Å². The quantitative estimate of drug-likeness (QED) is 0.872. The second-order valence-electron chi connectivity index (χ2n) is 6.08. The van der Waals surface area contributed by atoms with Crippen LogP contribution in [0, 0.1) is 16.1 Å². The van der Waals surface area contributed by atoms with E-state index in [4.69, 9.17) is 4.78 Å². The number of hydrogen-bond acceptors (Lipinski definition) is 7. The van der Waals surface area contributed by atoms with Crippen LogP contribution in [-0.2, 0) is 9.73 Å². The largest absolute Gasteiger partial charge is 0.355 e. The molecule has 1 aliphatic heterocycles. The Morgan fingerprint density at radius 3 is 2.52 bits per heavy atom. The lowest BCUT2D eigenvalue weighted by atomic mass is 10.1. The van der Waals surface area contributed by atoms with Gasteiger partial charge in [0, 0.05) is 29.9 Å². The van der Waals surface area contributed by atoms with E-state index >= 15 is 0 Å². The lowest BCUT2D eigenvalue weighted by molar-refractivity contribution is 0.573. The van der Waals surface area contributed by atoms with Gasteiger partial charge in [-0.05, 0) is 43.5 Å². The van der Waals surface area contributed by atoms with Crippen LogP contribution in [0.25, 0.3) is 0 Å². The van der Waals surface area contributed by atoms with Crippen molar-refractivity contribution in [3.8, 4) is 6.07 Å². The molecule has 130 valence electrons. The van der Waals surface area contributed by atoms with E-state index in [2.05, 4.69) is 26.3 Å². The third-order valence-electron chi connectivity index (χ3n) is 4.10. The normalized spacial score (nSPS) is 16.7. The minimum absolute atomic E-state index is 0.412. The van der Waals surface area contributed by atoms with Gasteiger partial charge in [-0.2, -0.15) is 10.2 Å². The zero-order valence-electron chi connectivity index (χ0n) is 14.0. The van der Waals surface area contributed by atoms with Gasteiger partial charge >= 0.3 is 0 Å². The van der Waals surface area contributed by atoms with Crippen molar-refractivity contribution in [1.82, 2.24) is 9.97 Å². The van der Waals surface area contributed by atoms with Crippen molar-refractivity contribution >= 4 is 27.2 Å². The number of rotatable bonds is 4. The second kappa shape index (κ2) is 7.07. The Kier molecular flexibility index (Phi) is 4.86. The molecule has 0 saturated carbocycles. The van der Waals surface area contributed by atoms with Crippen LogP contribution in [0.15, 0.2) is 35.4 Å². The Balaban J connectivity index is 1.84. The molecule has 1 fully saturated rings. The zero-order chi connectivity index (χ0) is 17.9. The van der Waals surface area contributed by atoms with Gasteiger partial charge in [0.05, 0.1) is 15.9 Å². The van der Waals surface area contributed by atoms with E-state index in [9.17, 15) is 9.47 Å². The maximum atomic E-state index is 11.7. The molecule has 0 aliphatic carbocycles. The highest BCUT2D eigenvalue weighted by Crippen LogP contribution is 2.24. The van der Waals surface area contributed by atoms with Crippen molar-refractivity contribution in [2.24, 2.45) is 0 Å². The summed E-state index contributed by atoms with van der Waals surface area (Å²) < 4.78 is 19.3. The summed E-state index contributed by atoms with van der Waals surface area (Å²) in [5.74, 6) is 1.08. The van der Waals surface area contributed by atoms with Gasteiger partial charge in [0.2, 0.25) is 5.95 Å². The van der Waals surface area contributed by atoms with Crippen LogP contribution in [0.3, 0.4) is 0 Å². The smallest absolute Gasteiger partial charge is 0.229 e. The van der Waals surface area contributed by atoms with Crippen molar-refractivity contribution in [3.63, 3.8) is 0 Å². The number of nitriles is 1. The van der Waals surface area contributed by atoms with E-state index < -0.39 is 9.73 Å². The first-order valence-corrected chi connectivity index (χ1v) is 10.1. The van der Waals surface area contributed by atoms with Crippen molar-refractivity contribution in [2.75, 3.05) is 29.6 Å². The van der Waals surface area contributed by atoms with Crippen molar-refractivity contribution in [3.05, 3.63) is 36.0 Å². The van der Waals surface area contributed by atoms with Crippen molar-refractivity contribution in [2.45, 2.75) is 24.2 Å². The molecule has 3 rings (SSSR count). The van der Waals surface area contributed by atoms with Crippen LogP contribution in [0.5, 0.6) is 0 Å². The number of anilines is 3. The average Bonchev–Trinajstić information content (AvgIpc) is 2.62. The Morgan fingerprint density at radius 1 is 1.24 bits per heavy atom. The number of nitrogens with one attached hydrogen (secondary N) is 2. The molecule has 1 unspecified atom stereocenters. The molecule has 0 radical (unpaired) electrons. The van der Waals surface area contributed by atoms with Gasteiger partial charge in [-0.1, -0.05) is 0 Å². The Hall–Kier alpha value is -2.66. The topological polar surface area (TPSA) is 106 Å². The van der Waals surface area contributed by atoms with Crippen molar-refractivity contribution in [1.29, 1.82) is 10.0 Å². The highest BCUT2D eigenvalue weighted by molar-refractivity contribution is 7.91. The summed E-state index contributed by atoms with van der Waals surface area (Å²) in [4.78, 5) is 11.3. The Labute approximate surface area is 147 Å². The monoisotopic (exact) mass is 356 g/mol. The molecule has 2 heterocycles. The molecule has 8 heteroatoms. The van der Waals surface area contributed by atoms with Crippen LogP contribution in [-0.4, -0.2) is 33.5 Å². The number of hydrogen-bond donors (Lipinski definition) is 2. The predicted octanol–water partition coefficient (Wildman–Crippen LogP) is 3.12. The molecular formula is C17H20N6OS. The summed E-state index contributed by atoms with van der Waals surface area (Å²) in [6.45, 7) is 1.79. The summed E-state index contributed by atoms with van der Waals surface area (Å²) in [6, 6.07) is 8.97. The van der Waals surface area contributed by atoms with E-state index in [-0.39, 0.29) is 0 Å². The highest BCUT2D eigenvalue weighted by Gasteiger charge is 2.17. The van der Waals surface area contributed by atoms with E-state index in [1.165, 1.54) is 18.9 Å². The first-order chi connectivity index (χ1) is 12.0. The fourth-order valence-corrected chi connectivity index (χ4v) is 3.44. The second-order valence-corrected chi connectivity index (χ2v) is 8.24. The summed E-state index contributed by atoms with van der Waals surface area (Å²) in [6.07, 6.45) is 6.34. The Bertz CT molecular complexity index is 896. The predicted molar refractivity (Wildman–Crippen MR) is 97.6 cm³/mol. The van der Waals surface area contributed by atoms with Crippen LogP contribution >= 0.6 is 0 Å². The Morgan fingerprint density at radius 2 is 1.92 bits per heavy atom. The van der Waals surface area contributed by atoms with Crippen LogP contribution in [0.4, 0.5) is 17.5 Å². The standard InChI is InChI=1S/C17H20N6OS/c1-25(19,24)15-7-5-14(6-8-15)21-17-20-12-13(11-18)16(22-17)23-9-3-2-4-10-23/h5-8,12,19H,2-4,9-10H2,1H3,(H,20,21,22). The summed E-state index contributed by atoms with van der Waals surface area (Å²) in [7, 11) is -2.72. The van der Waals surface area contributed by atoms with Gasteiger partial charge in [0.15, 0.2) is 5.82 Å². The third-order valence-corrected chi connectivity index (χ3v) is 5.28. The maximum Gasteiger partial charge on any atom is 0.229 e. The first kappa shape index (κ1) is 17.2. The average molecular weight is 356 g/mol. The minimum atomic E-state index is -2.72. The van der Waals surface area contributed by atoms with Crippen molar-refractivity contribution < 1.29 is 4.21 Å². The third kappa shape index (κ3) is 4.06. The van der Waals surface area contributed by atoms with Crippen LogP contribution in [0.1, 0.15) is 24.8 Å². The van der Waals surface area contributed by atoms with E-state index in [1.807, 2.05) is 0 Å². The molecule has 7 nitrogen and oxygen atoms in total.